The minimum atomic E-state index is 0.0472. The van der Waals surface area contributed by atoms with E-state index in [1.807, 2.05) is 47.4 Å². The van der Waals surface area contributed by atoms with Gasteiger partial charge in [0.05, 0.1) is 6.04 Å². The van der Waals surface area contributed by atoms with Crippen molar-refractivity contribution in [1.82, 2.24) is 0 Å². The monoisotopic (exact) mass is 348 g/mol. The van der Waals surface area contributed by atoms with Gasteiger partial charge >= 0.3 is 0 Å². The molecule has 1 N–H and O–H groups in total. The summed E-state index contributed by atoms with van der Waals surface area (Å²) >= 11 is 12.1. The van der Waals surface area contributed by atoms with Crippen LogP contribution in [0, 0.1) is 0 Å². The zero-order valence-corrected chi connectivity index (χ0v) is 14.5. The largest absolute Gasteiger partial charge is 0.378 e. The third kappa shape index (κ3) is 3.31. The number of carbonyl (C=O) groups is 1. The molecule has 23 heavy (non-hydrogen) atoms. The van der Waals surface area contributed by atoms with Gasteiger partial charge in [0.2, 0.25) is 5.91 Å². The number of hydrogen-bond acceptors (Lipinski definition) is 2. The van der Waals surface area contributed by atoms with E-state index in [0.29, 0.717) is 10.0 Å². The number of carbonyl (C=O) groups excluding carboxylic acids is 1. The lowest BCUT2D eigenvalue weighted by atomic mass is 9.91. The number of nitrogens with zero attached hydrogens (tertiary/aromatic N) is 1. The number of hydrogen-bond donors (Lipinski definition) is 1. The molecule has 1 aliphatic heterocycles. The van der Waals surface area contributed by atoms with Crippen LogP contribution < -0.4 is 10.2 Å². The number of fused-ring (bicyclic) bond motifs is 1. The van der Waals surface area contributed by atoms with E-state index in [9.17, 15) is 4.79 Å². The highest BCUT2D eigenvalue weighted by Crippen LogP contribution is 2.40. The Morgan fingerprint density at radius 1 is 1.13 bits per heavy atom. The number of anilines is 2. The van der Waals surface area contributed by atoms with Gasteiger partial charge in [-0.3, -0.25) is 4.79 Å². The first-order chi connectivity index (χ1) is 11.0. The summed E-state index contributed by atoms with van der Waals surface area (Å²) in [6, 6.07) is 13.5. The highest BCUT2D eigenvalue weighted by atomic mass is 35.5. The van der Waals surface area contributed by atoms with Crippen molar-refractivity contribution in [3.05, 3.63) is 58.1 Å². The summed E-state index contributed by atoms with van der Waals surface area (Å²) in [5, 5.41) is 4.90. The Balaban J connectivity index is 1.98. The smallest absolute Gasteiger partial charge is 0.224 e. The Kier molecular flexibility index (Phi) is 4.51. The van der Waals surface area contributed by atoms with E-state index >= 15 is 0 Å². The summed E-state index contributed by atoms with van der Waals surface area (Å²) in [6.45, 7) is 3.66. The molecule has 2 aromatic carbocycles. The van der Waals surface area contributed by atoms with Crippen LogP contribution in [0.5, 0.6) is 0 Å². The van der Waals surface area contributed by atoms with E-state index < -0.39 is 0 Å². The Morgan fingerprint density at radius 2 is 1.78 bits per heavy atom. The Morgan fingerprint density at radius 3 is 2.43 bits per heavy atom. The van der Waals surface area contributed by atoms with Crippen LogP contribution >= 0.6 is 23.2 Å². The van der Waals surface area contributed by atoms with Gasteiger partial charge in [-0.05, 0) is 61.4 Å². The van der Waals surface area contributed by atoms with Crippen LogP contribution in [-0.4, -0.2) is 11.9 Å². The van der Waals surface area contributed by atoms with Crippen LogP contribution in [0.3, 0.4) is 0 Å². The molecule has 0 bridgehead atoms. The van der Waals surface area contributed by atoms with E-state index in [0.717, 1.165) is 23.4 Å². The lowest BCUT2D eigenvalue weighted by Gasteiger charge is -2.39. The third-order valence-corrected chi connectivity index (χ3v) is 4.65. The predicted molar refractivity (Wildman–Crippen MR) is 96.5 cm³/mol. The van der Waals surface area contributed by atoms with Gasteiger partial charge in [-0.2, -0.15) is 0 Å². The molecule has 0 aliphatic carbocycles. The van der Waals surface area contributed by atoms with Gasteiger partial charge in [0.1, 0.15) is 0 Å². The van der Waals surface area contributed by atoms with E-state index in [4.69, 9.17) is 23.2 Å². The van der Waals surface area contributed by atoms with Crippen molar-refractivity contribution in [3.63, 3.8) is 0 Å². The highest BCUT2D eigenvalue weighted by Gasteiger charge is 2.32. The van der Waals surface area contributed by atoms with Crippen LogP contribution in [0.15, 0.2) is 42.5 Å². The molecule has 1 amide bonds. The molecule has 1 heterocycles. The van der Waals surface area contributed by atoms with E-state index in [2.05, 4.69) is 12.2 Å². The second kappa shape index (κ2) is 6.42. The van der Waals surface area contributed by atoms with Gasteiger partial charge < -0.3 is 10.2 Å². The molecule has 0 spiro atoms. The fourth-order valence-corrected chi connectivity index (χ4v) is 3.51. The molecular weight excluding hydrogens is 331 g/mol. The minimum absolute atomic E-state index is 0.0472. The maximum atomic E-state index is 12.0. The topological polar surface area (TPSA) is 32.3 Å². The van der Waals surface area contributed by atoms with E-state index in [1.165, 1.54) is 0 Å². The molecule has 0 fully saturated rings. The Bertz CT molecular complexity index is 730. The lowest BCUT2D eigenvalue weighted by molar-refractivity contribution is -0.117. The molecule has 120 valence electrons. The first-order valence-electron chi connectivity index (χ1n) is 7.57. The van der Waals surface area contributed by atoms with Crippen molar-refractivity contribution < 1.29 is 4.79 Å². The van der Waals surface area contributed by atoms with Gasteiger partial charge in [-0.15, -0.1) is 0 Å². The van der Waals surface area contributed by atoms with Crippen LogP contribution in [-0.2, 0) is 4.79 Å². The second-order valence-corrected chi connectivity index (χ2v) is 6.75. The summed E-state index contributed by atoms with van der Waals surface area (Å²) < 4.78 is 0. The number of amides is 1. The van der Waals surface area contributed by atoms with E-state index in [-0.39, 0.29) is 18.0 Å². The fraction of sp³-hybridized carbons (Fsp3) is 0.278. The molecule has 5 heteroatoms. The van der Waals surface area contributed by atoms with Crippen molar-refractivity contribution in [2.75, 3.05) is 10.2 Å². The van der Waals surface area contributed by atoms with Gasteiger partial charge in [0.15, 0.2) is 0 Å². The molecule has 0 saturated carbocycles. The van der Waals surface area contributed by atoms with Crippen molar-refractivity contribution >= 4 is 40.5 Å². The molecule has 0 saturated heterocycles. The normalized spacial score (nSPS) is 20.1. The first kappa shape index (κ1) is 16.2. The standard InChI is InChI=1S/C18H18Cl2N2O/c1-11-9-17(21-15-6-3-13(19)4-7-15)16-10-14(20)5-8-18(16)22(11)12(2)23/h3-8,10-11,17,21H,9H2,1-2H3/t11-,17+/m0/s1. The molecule has 2 atom stereocenters. The zero-order chi connectivity index (χ0) is 16.6. The second-order valence-electron chi connectivity index (χ2n) is 5.88. The Labute approximate surface area is 146 Å². The first-order valence-corrected chi connectivity index (χ1v) is 8.32. The fourth-order valence-electron chi connectivity index (χ4n) is 3.20. The molecule has 0 unspecified atom stereocenters. The number of rotatable bonds is 2. The number of halogens is 2. The van der Waals surface area contributed by atoms with Crippen LogP contribution in [0.1, 0.15) is 31.9 Å². The molecular formula is C18H18Cl2N2O. The SMILES string of the molecule is CC(=O)N1c2ccc(Cl)cc2[C@H](Nc2ccc(Cl)cc2)C[C@@H]1C. The summed E-state index contributed by atoms with van der Waals surface area (Å²) in [7, 11) is 0. The predicted octanol–water partition coefficient (Wildman–Crippen LogP) is 5.29. The maximum Gasteiger partial charge on any atom is 0.224 e. The number of nitrogens with one attached hydrogen (secondary N) is 1. The van der Waals surface area contributed by atoms with Crippen LogP contribution in [0.2, 0.25) is 10.0 Å². The van der Waals surface area contributed by atoms with Crippen molar-refractivity contribution in [2.24, 2.45) is 0 Å². The third-order valence-electron chi connectivity index (χ3n) is 4.17. The van der Waals surface area contributed by atoms with Crippen molar-refractivity contribution in [1.29, 1.82) is 0 Å². The molecule has 0 radical (unpaired) electrons. The van der Waals surface area contributed by atoms with Gasteiger partial charge in [0, 0.05) is 34.4 Å². The Hall–Kier alpha value is -1.71. The maximum absolute atomic E-state index is 12.0. The summed E-state index contributed by atoms with van der Waals surface area (Å²) in [5.41, 5.74) is 2.96. The number of benzene rings is 2. The lowest BCUT2D eigenvalue weighted by Crippen LogP contribution is -2.43. The van der Waals surface area contributed by atoms with E-state index in [1.54, 1.807) is 6.92 Å². The van der Waals surface area contributed by atoms with Crippen molar-refractivity contribution in [3.8, 4) is 0 Å². The molecule has 3 rings (SSSR count). The molecule has 0 aromatic heterocycles. The summed E-state index contributed by atoms with van der Waals surface area (Å²) in [5.74, 6) is 0.0472. The minimum Gasteiger partial charge on any atom is -0.378 e. The zero-order valence-electron chi connectivity index (χ0n) is 13.0. The quantitative estimate of drug-likeness (QED) is 0.799. The van der Waals surface area contributed by atoms with Gasteiger partial charge in [-0.25, -0.2) is 0 Å². The van der Waals surface area contributed by atoms with Crippen molar-refractivity contribution in [2.45, 2.75) is 32.4 Å². The summed E-state index contributed by atoms with van der Waals surface area (Å²) in [6.07, 6.45) is 0.815. The molecule has 2 aromatic rings. The van der Waals surface area contributed by atoms with Gasteiger partial charge in [-0.1, -0.05) is 23.2 Å². The molecule has 1 aliphatic rings. The average molecular weight is 349 g/mol. The summed E-state index contributed by atoms with van der Waals surface area (Å²) in [4.78, 5) is 13.9. The van der Waals surface area contributed by atoms with Crippen LogP contribution in [0.25, 0.3) is 0 Å². The van der Waals surface area contributed by atoms with Crippen LogP contribution in [0.4, 0.5) is 11.4 Å². The highest BCUT2D eigenvalue weighted by molar-refractivity contribution is 6.31. The average Bonchev–Trinajstić information content (AvgIpc) is 2.49. The molecule has 3 nitrogen and oxygen atoms in total. The van der Waals surface area contributed by atoms with Gasteiger partial charge in [0.25, 0.3) is 0 Å².